The highest BCUT2D eigenvalue weighted by Gasteiger charge is 2.02. The van der Waals surface area contributed by atoms with E-state index in [0.717, 1.165) is 38.1 Å². The van der Waals surface area contributed by atoms with E-state index in [9.17, 15) is 0 Å². The second-order valence-electron chi connectivity index (χ2n) is 6.54. The Labute approximate surface area is 142 Å². The average Bonchev–Trinajstić information content (AvgIpc) is 2.54. The summed E-state index contributed by atoms with van der Waals surface area (Å²) in [7, 11) is 3.97. The third-order valence-electron chi connectivity index (χ3n) is 3.92. The molecule has 0 radical (unpaired) electrons. The van der Waals surface area contributed by atoms with E-state index in [1.54, 1.807) is 0 Å². The number of nitrogens with one attached hydrogen (secondary N) is 2. The van der Waals surface area contributed by atoms with E-state index in [0.29, 0.717) is 0 Å². The molecular weight excluding hydrogens is 284 g/mol. The molecule has 0 unspecified atom stereocenters. The first-order chi connectivity index (χ1) is 11.0. The molecule has 0 aliphatic rings. The van der Waals surface area contributed by atoms with Gasteiger partial charge in [-0.2, -0.15) is 0 Å². The number of aliphatic imine (C=N–C) groups is 1. The van der Waals surface area contributed by atoms with Gasteiger partial charge >= 0.3 is 0 Å². The first-order valence-electron chi connectivity index (χ1n) is 8.76. The number of guanidine groups is 1. The summed E-state index contributed by atoms with van der Waals surface area (Å²) in [4.78, 5) is 6.60. The third-order valence-corrected chi connectivity index (χ3v) is 3.92. The second kappa shape index (κ2) is 11.1. The molecule has 23 heavy (non-hydrogen) atoms. The first-order valence-corrected chi connectivity index (χ1v) is 8.76. The average molecular weight is 319 g/mol. The SMILES string of the molecule is CCN(C)Cc1cccc(CNC(=NC)NCCCC(C)C)c1. The van der Waals surface area contributed by atoms with Gasteiger partial charge in [-0.25, -0.2) is 0 Å². The van der Waals surface area contributed by atoms with Gasteiger partial charge in [-0.05, 0) is 43.5 Å². The van der Waals surface area contributed by atoms with Crippen LogP contribution in [-0.4, -0.2) is 38.0 Å². The summed E-state index contributed by atoms with van der Waals surface area (Å²) in [6, 6.07) is 8.75. The molecule has 130 valence electrons. The maximum atomic E-state index is 4.29. The first kappa shape index (κ1) is 19.5. The molecule has 0 aliphatic carbocycles. The molecule has 0 spiro atoms. The maximum absolute atomic E-state index is 4.29. The highest BCUT2D eigenvalue weighted by atomic mass is 15.2. The zero-order chi connectivity index (χ0) is 17.1. The van der Waals surface area contributed by atoms with E-state index >= 15 is 0 Å². The minimum absolute atomic E-state index is 0.760. The van der Waals surface area contributed by atoms with Crippen LogP contribution in [0.5, 0.6) is 0 Å². The third kappa shape index (κ3) is 8.60. The lowest BCUT2D eigenvalue weighted by atomic mass is 10.1. The molecular formula is C19H34N4. The van der Waals surface area contributed by atoms with Crippen molar-refractivity contribution in [3.63, 3.8) is 0 Å². The molecule has 0 amide bonds. The lowest BCUT2D eigenvalue weighted by Crippen LogP contribution is -2.37. The number of hydrogen-bond donors (Lipinski definition) is 2. The number of rotatable bonds is 9. The number of hydrogen-bond acceptors (Lipinski definition) is 2. The molecule has 0 aromatic heterocycles. The molecule has 0 saturated carbocycles. The van der Waals surface area contributed by atoms with E-state index < -0.39 is 0 Å². The summed E-state index contributed by atoms with van der Waals surface area (Å²) in [5.41, 5.74) is 2.64. The van der Waals surface area contributed by atoms with Gasteiger partial charge in [0, 0.05) is 26.7 Å². The van der Waals surface area contributed by atoms with Gasteiger partial charge in [0.25, 0.3) is 0 Å². The van der Waals surface area contributed by atoms with Crippen molar-refractivity contribution in [1.82, 2.24) is 15.5 Å². The largest absolute Gasteiger partial charge is 0.356 e. The molecule has 0 saturated heterocycles. The summed E-state index contributed by atoms with van der Waals surface area (Å²) >= 11 is 0. The van der Waals surface area contributed by atoms with Gasteiger partial charge in [0.2, 0.25) is 0 Å². The van der Waals surface area contributed by atoms with Gasteiger partial charge in [0.15, 0.2) is 5.96 Å². The fourth-order valence-electron chi connectivity index (χ4n) is 2.38. The van der Waals surface area contributed by atoms with Crippen LogP contribution < -0.4 is 10.6 Å². The minimum atomic E-state index is 0.760. The second-order valence-corrected chi connectivity index (χ2v) is 6.54. The van der Waals surface area contributed by atoms with Crippen LogP contribution in [0, 0.1) is 5.92 Å². The molecule has 0 bridgehead atoms. The standard InChI is InChI=1S/C19H34N4/c1-6-23(5)15-18-11-7-10-17(13-18)14-22-19(20-4)21-12-8-9-16(2)3/h7,10-11,13,16H,6,8-9,12,14-15H2,1-5H3,(H2,20,21,22). The van der Waals surface area contributed by atoms with Gasteiger partial charge in [0.05, 0.1) is 0 Å². The van der Waals surface area contributed by atoms with Gasteiger partial charge in [0.1, 0.15) is 0 Å². The smallest absolute Gasteiger partial charge is 0.191 e. The highest BCUT2D eigenvalue weighted by molar-refractivity contribution is 5.79. The van der Waals surface area contributed by atoms with E-state index in [1.165, 1.54) is 24.0 Å². The fourth-order valence-corrected chi connectivity index (χ4v) is 2.38. The molecule has 0 heterocycles. The van der Waals surface area contributed by atoms with Crippen molar-refractivity contribution in [3.05, 3.63) is 35.4 Å². The highest BCUT2D eigenvalue weighted by Crippen LogP contribution is 2.07. The van der Waals surface area contributed by atoms with Gasteiger partial charge in [-0.1, -0.05) is 45.0 Å². The zero-order valence-electron chi connectivity index (χ0n) is 15.5. The molecule has 0 atom stereocenters. The van der Waals surface area contributed by atoms with Crippen molar-refractivity contribution in [2.75, 3.05) is 27.2 Å². The van der Waals surface area contributed by atoms with Crippen molar-refractivity contribution in [2.24, 2.45) is 10.9 Å². The van der Waals surface area contributed by atoms with Crippen LogP contribution in [0.15, 0.2) is 29.3 Å². The topological polar surface area (TPSA) is 39.7 Å². The molecule has 0 fully saturated rings. The predicted octanol–water partition coefficient (Wildman–Crippen LogP) is 3.24. The van der Waals surface area contributed by atoms with E-state index in [-0.39, 0.29) is 0 Å². The zero-order valence-corrected chi connectivity index (χ0v) is 15.5. The van der Waals surface area contributed by atoms with Crippen LogP contribution in [-0.2, 0) is 13.1 Å². The Morgan fingerprint density at radius 3 is 2.61 bits per heavy atom. The molecule has 0 aliphatic heterocycles. The van der Waals surface area contributed by atoms with Crippen LogP contribution in [0.25, 0.3) is 0 Å². The summed E-state index contributed by atoms with van der Waals surface area (Å²) in [6.45, 7) is 10.5. The summed E-state index contributed by atoms with van der Waals surface area (Å²) < 4.78 is 0. The summed E-state index contributed by atoms with van der Waals surface area (Å²) in [6.07, 6.45) is 2.42. The van der Waals surface area contributed by atoms with Crippen molar-refractivity contribution in [3.8, 4) is 0 Å². The van der Waals surface area contributed by atoms with Crippen LogP contribution in [0.3, 0.4) is 0 Å². The maximum Gasteiger partial charge on any atom is 0.191 e. The molecule has 4 heteroatoms. The van der Waals surface area contributed by atoms with Gasteiger partial charge < -0.3 is 15.5 Å². The van der Waals surface area contributed by atoms with Gasteiger partial charge in [-0.3, -0.25) is 4.99 Å². The van der Waals surface area contributed by atoms with E-state index in [4.69, 9.17) is 0 Å². The van der Waals surface area contributed by atoms with Crippen molar-refractivity contribution in [2.45, 2.75) is 46.7 Å². The quantitative estimate of drug-likeness (QED) is 0.417. The van der Waals surface area contributed by atoms with E-state index in [2.05, 4.69) is 72.6 Å². The summed E-state index contributed by atoms with van der Waals surface area (Å²) in [5.74, 6) is 1.64. The van der Waals surface area contributed by atoms with Crippen LogP contribution in [0.1, 0.15) is 44.7 Å². The number of benzene rings is 1. The Hall–Kier alpha value is -1.55. The van der Waals surface area contributed by atoms with Crippen molar-refractivity contribution >= 4 is 5.96 Å². The Bertz CT molecular complexity index is 468. The Morgan fingerprint density at radius 1 is 1.22 bits per heavy atom. The molecule has 2 N–H and O–H groups in total. The van der Waals surface area contributed by atoms with Crippen LogP contribution in [0.4, 0.5) is 0 Å². The van der Waals surface area contributed by atoms with Crippen molar-refractivity contribution in [1.29, 1.82) is 0 Å². The lowest BCUT2D eigenvalue weighted by Gasteiger charge is -2.15. The van der Waals surface area contributed by atoms with Crippen LogP contribution >= 0.6 is 0 Å². The van der Waals surface area contributed by atoms with E-state index in [1.807, 2.05) is 7.05 Å². The summed E-state index contributed by atoms with van der Waals surface area (Å²) in [5, 5.41) is 6.78. The van der Waals surface area contributed by atoms with Gasteiger partial charge in [-0.15, -0.1) is 0 Å². The minimum Gasteiger partial charge on any atom is -0.356 e. The Kier molecular flexibility index (Phi) is 9.37. The number of nitrogens with zero attached hydrogens (tertiary/aromatic N) is 2. The monoisotopic (exact) mass is 318 g/mol. The molecule has 4 nitrogen and oxygen atoms in total. The predicted molar refractivity (Wildman–Crippen MR) is 101 cm³/mol. The Morgan fingerprint density at radius 2 is 1.96 bits per heavy atom. The lowest BCUT2D eigenvalue weighted by molar-refractivity contribution is 0.345. The Balaban J connectivity index is 2.41. The molecule has 1 aromatic rings. The fraction of sp³-hybridized carbons (Fsp3) is 0.632. The normalized spacial score (nSPS) is 12.0. The molecule has 1 rings (SSSR count). The molecule has 1 aromatic carbocycles. The van der Waals surface area contributed by atoms with Crippen LogP contribution in [0.2, 0.25) is 0 Å². The van der Waals surface area contributed by atoms with Crippen molar-refractivity contribution < 1.29 is 0 Å².